The molecular weight excluding hydrogens is 315 g/mol. The first kappa shape index (κ1) is 18.9. The van der Waals surface area contributed by atoms with Crippen LogP contribution in [0.25, 0.3) is 5.57 Å². The first-order valence-electron chi connectivity index (χ1n) is 7.46. The van der Waals surface area contributed by atoms with Gasteiger partial charge in [0.05, 0.1) is 10.1 Å². The zero-order valence-electron chi connectivity index (χ0n) is 13.9. The van der Waals surface area contributed by atoms with E-state index in [2.05, 4.69) is 34.3 Å². The van der Waals surface area contributed by atoms with Crippen molar-refractivity contribution >= 4 is 28.8 Å². The summed E-state index contributed by atoms with van der Waals surface area (Å²) >= 11 is 12.5. The highest BCUT2D eigenvalue weighted by atomic mass is 35.5. The van der Waals surface area contributed by atoms with E-state index in [1.165, 1.54) is 6.08 Å². The second-order valence-corrected chi connectivity index (χ2v) is 6.67. The molecule has 0 radical (unpaired) electrons. The van der Waals surface area contributed by atoms with Gasteiger partial charge in [0.15, 0.2) is 0 Å². The maximum atomic E-state index is 10.5. The molecule has 0 fully saturated rings. The Balaban J connectivity index is 3.63. The van der Waals surface area contributed by atoms with Gasteiger partial charge in [-0.05, 0) is 59.2 Å². The molecule has 0 spiro atoms. The quantitative estimate of drug-likeness (QED) is 0.577. The van der Waals surface area contributed by atoms with Crippen molar-refractivity contribution in [3.8, 4) is 5.75 Å². The van der Waals surface area contributed by atoms with Gasteiger partial charge in [-0.3, -0.25) is 0 Å². The van der Waals surface area contributed by atoms with Crippen LogP contribution in [-0.4, -0.2) is 5.11 Å². The van der Waals surface area contributed by atoms with Gasteiger partial charge >= 0.3 is 0 Å². The van der Waals surface area contributed by atoms with Crippen molar-refractivity contribution in [2.45, 2.75) is 46.5 Å². The molecule has 0 aromatic heterocycles. The van der Waals surface area contributed by atoms with Crippen molar-refractivity contribution < 1.29 is 5.11 Å². The summed E-state index contributed by atoms with van der Waals surface area (Å²) in [5.74, 6) is 0.806. The largest absolute Gasteiger partial charge is 0.507 e. The standard InChI is InChI=1S/C19H24Cl2O/c1-7-14(18(21)17(20)8-2)13-9-15(11(3)4)19(22)16(10-13)12(5)6/h7-12,22H,2H2,1,3-6H3. The van der Waals surface area contributed by atoms with E-state index in [0.29, 0.717) is 15.8 Å². The zero-order valence-corrected chi connectivity index (χ0v) is 15.4. The molecule has 1 N–H and O–H groups in total. The first-order valence-corrected chi connectivity index (χ1v) is 8.21. The minimum Gasteiger partial charge on any atom is -0.507 e. The Morgan fingerprint density at radius 2 is 1.55 bits per heavy atom. The summed E-state index contributed by atoms with van der Waals surface area (Å²) in [6.07, 6.45) is 3.45. The number of allylic oxidation sites excluding steroid dienone is 5. The fourth-order valence-corrected chi connectivity index (χ4v) is 2.75. The van der Waals surface area contributed by atoms with Crippen LogP contribution in [0, 0.1) is 0 Å². The van der Waals surface area contributed by atoms with E-state index in [0.717, 1.165) is 22.3 Å². The Labute approximate surface area is 144 Å². The fourth-order valence-electron chi connectivity index (χ4n) is 2.35. The lowest BCUT2D eigenvalue weighted by molar-refractivity contribution is 0.454. The zero-order chi connectivity index (χ0) is 17.0. The summed E-state index contributed by atoms with van der Waals surface area (Å²) in [7, 11) is 0. The summed E-state index contributed by atoms with van der Waals surface area (Å²) in [6, 6.07) is 3.97. The molecule has 0 aliphatic heterocycles. The van der Waals surface area contributed by atoms with Gasteiger partial charge in [-0.2, -0.15) is 0 Å². The van der Waals surface area contributed by atoms with Crippen LogP contribution in [0.2, 0.25) is 0 Å². The number of benzene rings is 1. The van der Waals surface area contributed by atoms with Crippen molar-refractivity contribution in [2.24, 2.45) is 0 Å². The third kappa shape index (κ3) is 3.97. The summed E-state index contributed by atoms with van der Waals surface area (Å²) in [6.45, 7) is 13.8. The van der Waals surface area contributed by atoms with Gasteiger partial charge in [0.1, 0.15) is 5.75 Å². The minimum atomic E-state index is 0.216. The lowest BCUT2D eigenvalue weighted by Gasteiger charge is -2.19. The number of hydrogen-bond acceptors (Lipinski definition) is 1. The molecule has 1 nitrogen and oxygen atoms in total. The third-order valence-corrected chi connectivity index (χ3v) is 4.49. The number of halogens is 2. The van der Waals surface area contributed by atoms with E-state index < -0.39 is 0 Å². The molecule has 0 aliphatic rings. The molecule has 0 atom stereocenters. The molecule has 1 rings (SSSR count). The average Bonchev–Trinajstić information content (AvgIpc) is 2.47. The number of aromatic hydroxyl groups is 1. The second kappa shape index (κ2) is 7.89. The van der Waals surface area contributed by atoms with Crippen molar-refractivity contribution in [3.63, 3.8) is 0 Å². The van der Waals surface area contributed by atoms with E-state index in [4.69, 9.17) is 23.2 Å². The summed E-state index contributed by atoms with van der Waals surface area (Å²) < 4.78 is 0. The SMILES string of the molecule is C=CC(Cl)=C(Cl)C(=CC)c1cc(C(C)C)c(O)c(C(C)C)c1. The van der Waals surface area contributed by atoms with Gasteiger partial charge in [0.2, 0.25) is 0 Å². The summed E-state index contributed by atoms with van der Waals surface area (Å²) in [5.41, 5.74) is 3.63. The maximum absolute atomic E-state index is 10.5. The molecule has 120 valence electrons. The molecule has 3 heteroatoms. The van der Waals surface area contributed by atoms with Gasteiger partial charge in [-0.25, -0.2) is 0 Å². The van der Waals surface area contributed by atoms with Crippen LogP contribution < -0.4 is 0 Å². The first-order chi connectivity index (χ1) is 10.2. The monoisotopic (exact) mass is 338 g/mol. The van der Waals surface area contributed by atoms with Gasteiger partial charge < -0.3 is 5.11 Å². The average molecular weight is 339 g/mol. The van der Waals surface area contributed by atoms with Crippen molar-refractivity contribution in [1.82, 2.24) is 0 Å². The van der Waals surface area contributed by atoms with Gasteiger partial charge in [0, 0.05) is 0 Å². The number of phenolic OH excluding ortho intramolecular Hbond substituents is 1. The molecule has 22 heavy (non-hydrogen) atoms. The minimum absolute atomic E-state index is 0.216. The molecule has 0 saturated heterocycles. The molecule has 1 aromatic rings. The Morgan fingerprint density at radius 1 is 1.09 bits per heavy atom. The van der Waals surface area contributed by atoms with Crippen LogP contribution in [0.15, 0.2) is 40.9 Å². The molecule has 0 saturated carbocycles. The number of rotatable bonds is 5. The summed E-state index contributed by atoms with van der Waals surface area (Å²) in [5, 5.41) is 11.4. The molecule has 0 aliphatic carbocycles. The van der Waals surface area contributed by atoms with Crippen LogP contribution >= 0.6 is 23.2 Å². The van der Waals surface area contributed by atoms with Gasteiger partial charge in [-0.15, -0.1) is 0 Å². The topological polar surface area (TPSA) is 20.2 Å². The molecule has 0 bridgehead atoms. The van der Waals surface area contributed by atoms with E-state index in [9.17, 15) is 5.11 Å². The van der Waals surface area contributed by atoms with E-state index in [1.54, 1.807) is 0 Å². The van der Waals surface area contributed by atoms with Crippen LogP contribution in [0.5, 0.6) is 5.75 Å². The highest BCUT2D eigenvalue weighted by Crippen LogP contribution is 2.39. The fraction of sp³-hybridized carbons (Fsp3) is 0.368. The predicted molar refractivity (Wildman–Crippen MR) is 98.9 cm³/mol. The van der Waals surface area contributed by atoms with Gasteiger partial charge in [0.25, 0.3) is 0 Å². The molecule has 1 aromatic carbocycles. The van der Waals surface area contributed by atoms with Crippen LogP contribution in [-0.2, 0) is 0 Å². The van der Waals surface area contributed by atoms with Crippen LogP contribution in [0.1, 0.15) is 63.1 Å². The number of hydrogen-bond donors (Lipinski definition) is 1. The molecular formula is C19H24Cl2O. The Kier molecular flexibility index (Phi) is 6.77. The normalized spacial score (nSPS) is 13.6. The van der Waals surface area contributed by atoms with Crippen molar-refractivity contribution in [3.05, 3.63) is 57.6 Å². The number of phenols is 1. The Hall–Kier alpha value is -1.18. The van der Waals surface area contributed by atoms with Gasteiger partial charge in [-0.1, -0.05) is 63.6 Å². The van der Waals surface area contributed by atoms with Crippen molar-refractivity contribution in [1.29, 1.82) is 0 Å². The highest BCUT2D eigenvalue weighted by molar-refractivity contribution is 6.44. The predicted octanol–water partition coefficient (Wildman–Crippen LogP) is 6.92. The lowest BCUT2D eigenvalue weighted by Crippen LogP contribution is -1.99. The maximum Gasteiger partial charge on any atom is 0.122 e. The molecule has 0 unspecified atom stereocenters. The van der Waals surface area contributed by atoms with Crippen LogP contribution in [0.4, 0.5) is 0 Å². The van der Waals surface area contributed by atoms with Crippen molar-refractivity contribution in [2.75, 3.05) is 0 Å². The van der Waals surface area contributed by atoms with E-state index in [1.807, 2.05) is 25.1 Å². The Morgan fingerprint density at radius 3 is 1.86 bits per heavy atom. The molecule has 0 heterocycles. The Bertz CT molecular complexity index is 593. The smallest absolute Gasteiger partial charge is 0.122 e. The lowest BCUT2D eigenvalue weighted by atomic mass is 9.89. The van der Waals surface area contributed by atoms with E-state index >= 15 is 0 Å². The van der Waals surface area contributed by atoms with Crippen LogP contribution in [0.3, 0.4) is 0 Å². The van der Waals surface area contributed by atoms with E-state index in [-0.39, 0.29) is 11.8 Å². The second-order valence-electron chi connectivity index (χ2n) is 5.88. The highest BCUT2D eigenvalue weighted by Gasteiger charge is 2.18. The summed E-state index contributed by atoms with van der Waals surface area (Å²) in [4.78, 5) is 0. The third-order valence-electron chi connectivity index (χ3n) is 3.64. The molecule has 0 amide bonds.